The Balaban J connectivity index is 1.90. The molecule has 23 heavy (non-hydrogen) atoms. The maximum atomic E-state index is 13.1. The third-order valence-corrected chi connectivity index (χ3v) is 3.53. The highest BCUT2D eigenvalue weighted by Crippen LogP contribution is 2.20. The van der Waals surface area contributed by atoms with E-state index >= 15 is 0 Å². The average Bonchev–Trinajstić information content (AvgIpc) is 2.49. The molecular weight excluding hydrogens is 319 g/mol. The van der Waals surface area contributed by atoms with Crippen molar-refractivity contribution in [2.24, 2.45) is 0 Å². The van der Waals surface area contributed by atoms with Crippen molar-refractivity contribution in [2.45, 2.75) is 6.42 Å². The van der Waals surface area contributed by atoms with E-state index in [-0.39, 0.29) is 24.8 Å². The maximum Gasteiger partial charge on any atom is 0.244 e. The number of benzene rings is 2. The summed E-state index contributed by atoms with van der Waals surface area (Å²) in [4.78, 5) is 25.3. The molecule has 1 N–H and O–H groups in total. The predicted molar refractivity (Wildman–Crippen MR) is 87.8 cm³/mol. The number of hydrogen-bond donors (Lipinski definition) is 1. The summed E-state index contributed by atoms with van der Waals surface area (Å²) in [5.74, 6) is -1.02. The lowest BCUT2D eigenvalue weighted by Crippen LogP contribution is -2.35. The molecule has 2 aromatic rings. The molecule has 2 amide bonds. The Morgan fingerprint density at radius 2 is 1.91 bits per heavy atom. The van der Waals surface area contributed by atoms with Crippen molar-refractivity contribution in [1.82, 2.24) is 4.90 Å². The zero-order valence-corrected chi connectivity index (χ0v) is 13.3. The highest BCUT2D eigenvalue weighted by Gasteiger charge is 2.14. The summed E-state index contributed by atoms with van der Waals surface area (Å²) in [5, 5.41) is 3.07. The largest absolute Gasteiger partial charge is 0.336 e. The number of rotatable bonds is 5. The standard InChI is InChI=1S/C17H16ClFN2O2/c1-21(17(23)10-12-5-4-6-13(19)9-12)11-16(22)20-15-8-3-2-7-14(15)18/h2-9H,10-11H2,1H3,(H,20,22). The van der Waals surface area contributed by atoms with Crippen molar-refractivity contribution in [3.8, 4) is 0 Å². The fourth-order valence-corrected chi connectivity index (χ4v) is 2.20. The predicted octanol–water partition coefficient (Wildman–Crippen LogP) is 3.12. The van der Waals surface area contributed by atoms with Crippen molar-refractivity contribution >= 4 is 29.1 Å². The first-order chi connectivity index (χ1) is 11.0. The van der Waals surface area contributed by atoms with E-state index in [4.69, 9.17) is 11.6 Å². The van der Waals surface area contributed by atoms with Gasteiger partial charge in [0.25, 0.3) is 0 Å². The normalized spacial score (nSPS) is 10.2. The Hall–Kier alpha value is -2.40. The van der Waals surface area contributed by atoms with Crippen LogP contribution >= 0.6 is 11.6 Å². The quantitative estimate of drug-likeness (QED) is 0.913. The zero-order chi connectivity index (χ0) is 16.8. The zero-order valence-electron chi connectivity index (χ0n) is 12.6. The summed E-state index contributed by atoms with van der Waals surface area (Å²) >= 11 is 5.96. The molecule has 0 spiro atoms. The van der Waals surface area contributed by atoms with Crippen molar-refractivity contribution in [3.63, 3.8) is 0 Å². The Bertz CT molecular complexity index is 721. The van der Waals surface area contributed by atoms with Gasteiger partial charge in [-0.2, -0.15) is 0 Å². The molecule has 0 aliphatic carbocycles. The van der Waals surface area contributed by atoms with Crippen LogP contribution in [0.2, 0.25) is 5.02 Å². The summed E-state index contributed by atoms with van der Waals surface area (Å²) in [7, 11) is 1.52. The van der Waals surface area contributed by atoms with E-state index < -0.39 is 5.82 Å². The number of para-hydroxylation sites is 1. The molecule has 0 aliphatic heterocycles. The number of amides is 2. The number of nitrogens with zero attached hydrogens (tertiary/aromatic N) is 1. The lowest BCUT2D eigenvalue weighted by atomic mass is 10.1. The Labute approximate surface area is 138 Å². The van der Waals surface area contributed by atoms with Crippen LogP contribution in [0.15, 0.2) is 48.5 Å². The van der Waals surface area contributed by atoms with E-state index in [2.05, 4.69) is 5.32 Å². The molecule has 0 atom stereocenters. The number of hydrogen-bond acceptors (Lipinski definition) is 2. The molecule has 0 saturated heterocycles. The van der Waals surface area contributed by atoms with Crippen molar-refractivity contribution in [2.75, 3.05) is 18.9 Å². The first-order valence-corrected chi connectivity index (χ1v) is 7.36. The van der Waals surface area contributed by atoms with E-state index in [9.17, 15) is 14.0 Å². The third kappa shape index (κ3) is 5.07. The van der Waals surface area contributed by atoms with Gasteiger partial charge in [0.05, 0.1) is 23.7 Å². The first kappa shape index (κ1) is 17.0. The number of halogens is 2. The van der Waals surface area contributed by atoms with Crippen molar-refractivity contribution in [3.05, 3.63) is 64.9 Å². The smallest absolute Gasteiger partial charge is 0.244 e. The number of nitrogens with one attached hydrogen (secondary N) is 1. The number of anilines is 1. The Morgan fingerprint density at radius 3 is 2.61 bits per heavy atom. The highest BCUT2D eigenvalue weighted by atomic mass is 35.5. The second kappa shape index (κ2) is 7.74. The molecule has 0 aromatic heterocycles. The molecule has 6 heteroatoms. The second-order valence-corrected chi connectivity index (χ2v) is 5.49. The summed E-state index contributed by atoms with van der Waals surface area (Å²) in [6, 6.07) is 12.7. The van der Waals surface area contributed by atoms with Crippen LogP contribution in [0.25, 0.3) is 0 Å². The van der Waals surface area contributed by atoms with Crippen LogP contribution in [0.3, 0.4) is 0 Å². The van der Waals surface area contributed by atoms with Crippen LogP contribution in [-0.4, -0.2) is 30.3 Å². The molecule has 4 nitrogen and oxygen atoms in total. The number of carbonyl (C=O) groups excluding carboxylic acids is 2. The van der Waals surface area contributed by atoms with Gasteiger partial charge in [0, 0.05) is 7.05 Å². The minimum absolute atomic E-state index is 0.0354. The van der Waals surface area contributed by atoms with Gasteiger partial charge in [-0.15, -0.1) is 0 Å². The Morgan fingerprint density at radius 1 is 1.17 bits per heavy atom. The van der Waals surface area contributed by atoms with E-state index in [1.807, 2.05) is 0 Å². The van der Waals surface area contributed by atoms with Gasteiger partial charge in [0.2, 0.25) is 11.8 Å². The van der Waals surface area contributed by atoms with Crippen LogP contribution < -0.4 is 5.32 Å². The third-order valence-electron chi connectivity index (χ3n) is 3.20. The van der Waals surface area contributed by atoms with Gasteiger partial charge in [-0.25, -0.2) is 4.39 Å². The molecule has 0 saturated carbocycles. The van der Waals surface area contributed by atoms with E-state index in [0.717, 1.165) is 0 Å². The van der Waals surface area contributed by atoms with Gasteiger partial charge in [-0.05, 0) is 29.8 Å². The first-order valence-electron chi connectivity index (χ1n) is 6.98. The van der Waals surface area contributed by atoms with Gasteiger partial charge in [-0.3, -0.25) is 9.59 Å². The summed E-state index contributed by atoms with van der Waals surface area (Å²) < 4.78 is 13.1. The lowest BCUT2D eigenvalue weighted by molar-refractivity contribution is -0.132. The molecule has 2 rings (SSSR count). The number of carbonyl (C=O) groups is 2. The Kier molecular flexibility index (Phi) is 5.71. The fourth-order valence-electron chi connectivity index (χ4n) is 2.01. The second-order valence-electron chi connectivity index (χ2n) is 5.08. The van der Waals surface area contributed by atoms with Crippen molar-refractivity contribution in [1.29, 1.82) is 0 Å². The van der Waals surface area contributed by atoms with Gasteiger partial charge < -0.3 is 10.2 Å². The van der Waals surface area contributed by atoms with Gasteiger partial charge >= 0.3 is 0 Å². The summed E-state index contributed by atoms with van der Waals surface area (Å²) in [6.45, 7) is -0.112. The monoisotopic (exact) mass is 334 g/mol. The van der Waals surface area contributed by atoms with Gasteiger partial charge in [0.15, 0.2) is 0 Å². The average molecular weight is 335 g/mol. The molecule has 0 heterocycles. The van der Waals surface area contributed by atoms with Crippen LogP contribution in [0.4, 0.5) is 10.1 Å². The van der Waals surface area contributed by atoms with Gasteiger partial charge in [-0.1, -0.05) is 35.9 Å². The SMILES string of the molecule is CN(CC(=O)Nc1ccccc1Cl)C(=O)Cc1cccc(F)c1. The molecule has 120 valence electrons. The molecule has 0 radical (unpaired) electrons. The molecule has 0 bridgehead atoms. The van der Waals surface area contributed by atoms with Crippen molar-refractivity contribution < 1.29 is 14.0 Å². The van der Waals surface area contributed by atoms with E-state index in [1.54, 1.807) is 36.4 Å². The van der Waals surface area contributed by atoms with Crippen LogP contribution in [0, 0.1) is 5.82 Å². The van der Waals surface area contributed by atoms with E-state index in [0.29, 0.717) is 16.3 Å². The van der Waals surface area contributed by atoms with Crippen LogP contribution in [0.5, 0.6) is 0 Å². The molecule has 0 fully saturated rings. The molecule has 2 aromatic carbocycles. The lowest BCUT2D eigenvalue weighted by Gasteiger charge is -2.17. The molecule has 0 aliphatic rings. The minimum Gasteiger partial charge on any atom is -0.336 e. The number of likely N-dealkylation sites (N-methyl/N-ethyl adjacent to an activating group) is 1. The van der Waals surface area contributed by atoms with Gasteiger partial charge in [0.1, 0.15) is 5.82 Å². The molecular formula is C17H16ClFN2O2. The fraction of sp³-hybridized carbons (Fsp3) is 0.176. The van der Waals surface area contributed by atoms with Crippen LogP contribution in [0.1, 0.15) is 5.56 Å². The van der Waals surface area contributed by atoms with Crippen LogP contribution in [-0.2, 0) is 16.0 Å². The summed E-state index contributed by atoms with van der Waals surface area (Å²) in [6.07, 6.45) is 0.0354. The summed E-state index contributed by atoms with van der Waals surface area (Å²) in [5.41, 5.74) is 1.05. The highest BCUT2D eigenvalue weighted by molar-refractivity contribution is 6.33. The maximum absolute atomic E-state index is 13.1. The molecule has 0 unspecified atom stereocenters. The topological polar surface area (TPSA) is 49.4 Å². The van der Waals surface area contributed by atoms with E-state index in [1.165, 1.54) is 24.1 Å². The minimum atomic E-state index is -0.394.